The van der Waals surface area contributed by atoms with Crippen LogP contribution in [0.3, 0.4) is 0 Å². The smallest absolute Gasteiger partial charge is 0.256 e. The topological polar surface area (TPSA) is 32.3 Å². The second-order valence-electron chi connectivity index (χ2n) is 4.52. The van der Waals surface area contributed by atoms with Gasteiger partial charge in [-0.2, -0.15) is 0 Å². The van der Waals surface area contributed by atoms with Gasteiger partial charge in [-0.1, -0.05) is 15.9 Å². The molecule has 1 aromatic carbocycles. The van der Waals surface area contributed by atoms with Crippen LogP contribution >= 0.6 is 15.9 Å². The van der Waals surface area contributed by atoms with E-state index in [-0.39, 0.29) is 17.5 Å². The highest BCUT2D eigenvalue weighted by atomic mass is 79.9. The lowest BCUT2D eigenvalue weighted by Crippen LogP contribution is -2.44. The van der Waals surface area contributed by atoms with Crippen molar-refractivity contribution < 1.29 is 9.18 Å². The molecule has 3 nitrogen and oxygen atoms in total. The normalized spacial score (nSPS) is 16.6. The van der Waals surface area contributed by atoms with E-state index in [2.05, 4.69) is 21.2 Å². The SMILES string of the molecule is CN(C(=O)c1ccc(Br)cc1F)C1CCNCC1. The highest BCUT2D eigenvalue weighted by molar-refractivity contribution is 9.10. The molecule has 1 saturated heterocycles. The minimum Gasteiger partial charge on any atom is -0.339 e. The van der Waals surface area contributed by atoms with E-state index in [9.17, 15) is 9.18 Å². The zero-order valence-corrected chi connectivity index (χ0v) is 11.8. The molecule has 0 aromatic heterocycles. The summed E-state index contributed by atoms with van der Waals surface area (Å²) in [7, 11) is 1.75. The quantitative estimate of drug-likeness (QED) is 0.909. The van der Waals surface area contributed by atoms with Crippen LogP contribution in [0.1, 0.15) is 23.2 Å². The number of amides is 1. The predicted molar refractivity (Wildman–Crippen MR) is 72.1 cm³/mol. The van der Waals surface area contributed by atoms with Crippen LogP contribution in [-0.2, 0) is 0 Å². The van der Waals surface area contributed by atoms with Gasteiger partial charge in [0.25, 0.3) is 5.91 Å². The molecule has 0 spiro atoms. The van der Waals surface area contributed by atoms with E-state index in [4.69, 9.17) is 0 Å². The number of halogens is 2. The summed E-state index contributed by atoms with van der Waals surface area (Å²) < 4.78 is 14.4. The second-order valence-corrected chi connectivity index (χ2v) is 5.44. The summed E-state index contributed by atoms with van der Waals surface area (Å²) in [5, 5.41) is 3.25. The summed E-state index contributed by atoms with van der Waals surface area (Å²) in [4.78, 5) is 13.9. The van der Waals surface area contributed by atoms with Crippen molar-refractivity contribution in [3.05, 3.63) is 34.1 Å². The van der Waals surface area contributed by atoms with Gasteiger partial charge in [-0.05, 0) is 44.1 Å². The Labute approximate surface area is 114 Å². The van der Waals surface area contributed by atoms with Crippen molar-refractivity contribution in [2.75, 3.05) is 20.1 Å². The Bertz CT molecular complexity index is 447. The fourth-order valence-electron chi connectivity index (χ4n) is 2.21. The van der Waals surface area contributed by atoms with Crippen molar-refractivity contribution in [3.63, 3.8) is 0 Å². The van der Waals surface area contributed by atoms with Crippen molar-refractivity contribution in [2.24, 2.45) is 0 Å². The number of carbonyl (C=O) groups is 1. The fraction of sp³-hybridized carbons (Fsp3) is 0.462. The van der Waals surface area contributed by atoms with E-state index < -0.39 is 5.82 Å². The first kappa shape index (κ1) is 13.5. The van der Waals surface area contributed by atoms with Gasteiger partial charge in [-0.3, -0.25) is 4.79 Å². The minimum atomic E-state index is -0.477. The molecule has 1 aliphatic rings. The lowest BCUT2D eigenvalue weighted by molar-refractivity contribution is 0.0698. The number of rotatable bonds is 2. The number of piperidine rings is 1. The summed E-state index contributed by atoms with van der Waals surface area (Å²) in [6.07, 6.45) is 1.83. The first-order valence-corrected chi connectivity index (χ1v) is 6.82. The van der Waals surface area contributed by atoms with Gasteiger partial charge >= 0.3 is 0 Å². The third-order valence-corrected chi connectivity index (χ3v) is 3.83. The summed E-state index contributed by atoms with van der Waals surface area (Å²) in [6.45, 7) is 1.82. The maximum Gasteiger partial charge on any atom is 0.256 e. The van der Waals surface area contributed by atoms with Gasteiger partial charge in [0.2, 0.25) is 0 Å². The lowest BCUT2D eigenvalue weighted by Gasteiger charge is -2.31. The van der Waals surface area contributed by atoms with E-state index in [1.807, 2.05) is 0 Å². The van der Waals surface area contributed by atoms with Crippen LogP contribution in [-0.4, -0.2) is 37.0 Å². The number of benzene rings is 1. The van der Waals surface area contributed by atoms with E-state index >= 15 is 0 Å². The fourth-order valence-corrected chi connectivity index (χ4v) is 2.55. The molecule has 18 heavy (non-hydrogen) atoms. The number of nitrogens with zero attached hydrogens (tertiary/aromatic N) is 1. The number of hydrogen-bond acceptors (Lipinski definition) is 2. The molecule has 0 unspecified atom stereocenters. The highest BCUT2D eigenvalue weighted by Crippen LogP contribution is 2.19. The molecule has 1 amide bonds. The molecule has 0 saturated carbocycles. The molecule has 1 fully saturated rings. The van der Waals surface area contributed by atoms with E-state index in [1.54, 1.807) is 18.0 Å². The summed E-state index contributed by atoms with van der Waals surface area (Å²) in [5.74, 6) is -0.720. The summed E-state index contributed by atoms with van der Waals surface area (Å²) >= 11 is 3.19. The van der Waals surface area contributed by atoms with Gasteiger partial charge in [0.1, 0.15) is 5.82 Å². The summed E-state index contributed by atoms with van der Waals surface area (Å²) in [5.41, 5.74) is 0.138. The molecule has 0 bridgehead atoms. The third kappa shape index (κ3) is 2.90. The van der Waals surface area contributed by atoms with Crippen LogP contribution in [0.2, 0.25) is 0 Å². The number of nitrogens with one attached hydrogen (secondary N) is 1. The monoisotopic (exact) mass is 314 g/mol. The lowest BCUT2D eigenvalue weighted by atomic mass is 10.0. The van der Waals surface area contributed by atoms with Crippen LogP contribution in [0, 0.1) is 5.82 Å². The Morgan fingerprint density at radius 3 is 2.72 bits per heavy atom. The Morgan fingerprint density at radius 1 is 1.44 bits per heavy atom. The van der Waals surface area contributed by atoms with Crippen molar-refractivity contribution in [1.29, 1.82) is 0 Å². The molecule has 1 aliphatic heterocycles. The third-order valence-electron chi connectivity index (χ3n) is 3.34. The molecular formula is C13H16BrFN2O. The Hall–Kier alpha value is -0.940. The van der Waals surface area contributed by atoms with Gasteiger partial charge < -0.3 is 10.2 Å². The van der Waals surface area contributed by atoms with Crippen molar-refractivity contribution in [2.45, 2.75) is 18.9 Å². The molecule has 0 atom stereocenters. The van der Waals surface area contributed by atoms with Gasteiger partial charge in [0, 0.05) is 17.6 Å². The maximum absolute atomic E-state index is 13.7. The predicted octanol–water partition coefficient (Wildman–Crippen LogP) is 2.41. The first-order valence-electron chi connectivity index (χ1n) is 6.02. The van der Waals surface area contributed by atoms with Gasteiger partial charge in [0.05, 0.1) is 5.56 Å². The number of carbonyl (C=O) groups excluding carboxylic acids is 1. The maximum atomic E-state index is 13.7. The van der Waals surface area contributed by atoms with E-state index in [0.29, 0.717) is 4.47 Å². The van der Waals surface area contributed by atoms with Crippen LogP contribution in [0.5, 0.6) is 0 Å². The largest absolute Gasteiger partial charge is 0.339 e. The molecule has 1 N–H and O–H groups in total. The summed E-state index contributed by atoms with van der Waals surface area (Å²) in [6, 6.07) is 4.73. The Morgan fingerprint density at radius 2 is 2.11 bits per heavy atom. The average molecular weight is 315 g/mol. The van der Waals surface area contributed by atoms with Crippen LogP contribution in [0.4, 0.5) is 4.39 Å². The molecule has 1 aromatic rings. The van der Waals surface area contributed by atoms with Crippen molar-refractivity contribution >= 4 is 21.8 Å². The van der Waals surface area contributed by atoms with Crippen molar-refractivity contribution in [3.8, 4) is 0 Å². The molecule has 5 heteroatoms. The Kier molecular flexibility index (Phi) is 4.35. The highest BCUT2D eigenvalue weighted by Gasteiger charge is 2.24. The molecule has 1 heterocycles. The molecule has 98 valence electrons. The Balaban J connectivity index is 2.14. The first-order chi connectivity index (χ1) is 8.59. The van der Waals surface area contributed by atoms with Gasteiger partial charge in [-0.25, -0.2) is 4.39 Å². The zero-order valence-electron chi connectivity index (χ0n) is 10.2. The molecular weight excluding hydrogens is 299 g/mol. The van der Waals surface area contributed by atoms with E-state index in [0.717, 1.165) is 25.9 Å². The molecule has 0 radical (unpaired) electrons. The molecule has 2 rings (SSSR count). The van der Waals surface area contributed by atoms with E-state index in [1.165, 1.54) is 12.1 Å². The second kappa shape index (κ2) is 5.80. The number of hydrogen-bond donors (Lipinski definition) is 1. The van der Waals surface area contributed by atoms with Gasteiger partial charge in [0.15, 0.2) is 0 Å². The standard InChI is InChI=1S/C13H16BrFN2O/c1-17(10-4-6-16-7-5-10)13(18)11-3-2-9(14)8-12(11)15/h2-3,8,10,16H,4-7H2,1H3. The van der Waals surface area contributed by atoms with Crippen LogP contribution in [0.25, 0.3) is 0 Å². The van der Waals surface area contributed by atoms with Gasteiger partial charge in [-0.15, -0.1) is 0 Å². The van der Waals surface area contributed by atoms with Crippen molar-refractivity contribution in [1.82, 2.24) is 10.2 Å². The average Bonchev–Trinajstić information content (AvgIpc) is 2.38. The van der Waals surface area contributed by atoms with Crippen LogP contribution < -0.4 is 5.32 Å². The minimum absolute atomic E-state index is 0.138. The van der Waals surface area contributed by atoms with Crippen LogP contribution in [0.15, 0.2) is 22.7 Å². The zero-order chi connectivity index (χ0) is 13.1. The molecule has 0 aliphatic carbocycles.